The summed E-state index contributed by atoms with van der Waals surface area (Å²) in [5, 5.41) is 12.8. The van der Waals surface area contributed by atoms with Gasteiger partial charge in [-0.1, -0.05) is 18.2 Å². The van der Waals surface area contributed by atoms with Crippen LogP contribution >= 0.6 is 11.3 Å². The van der Waals surface area contributed by atoms with Gasteiger partial charge in [-0.3, -0.25) is 4.79 Å². The van der Waals surface area contributed by atoms with Gasteiger partial charge in [-0.25, -0.2) is 0 Å². The maximum Gasteiger partial charge on any atom is 0.185 e. The first-order valence-electron chi connectivity index (χ1n) is 5.37. The highest BCUT2D eigenvalue weighted by Crippen LogP contribution is 2.29. The van der Waals surface area contributed by atoms with Crippen molar-refractivity contribution in [2.45, 2.75) is 5.92 Å². The molecular formula is C14H11NO2S. The molecule has 0 N–H and O–H groups in total. The van der Waals surface area contributed by atoms with Crippen LogP contribution in [0.25, 0.3) is 0 Å². The van der Waals surface area contributed by atoms with Crippen LogP contribution in [-0.4, -0.2) is 12.9 Å². The second-order valence-corrected chi connectivity index (χ2v) is 4.46. The Morgan fingerprint density at radius 2 is 2.17 bits per heavy atom. The summed E-state index contributed by atoms with van der Waals surface area (Å²) in [6.45, 7) is 0. The fourth-order valence-electron chi connectivity index (χ4n) is 1.75. The quantitative estimate of drug-likeness (QED) is 0.790. The van der Waals surface area contributed by atoms with Gasteiger partial charge in [-0.15, -0.1) is 0 Å². The average Bonchev–Trinajstić information content (AvgIpc) is 2.94. The summed E-state index contributed by atoms with van der Waals surface area (Å²) in [6.07, 6.45) is 0. The number of hydrogen-bond donors (Lipinski definition) is 0. The predicted octanol–water partition coefficient (Wildman–Crippen LogP) is 3.25. The van der Waals surface area contributed by atoms with E-state index in [-0.39, 0.29) is 5.78 Å². The molecule has 1 atom stereocenters. The standard InChI is InChI=1S/C14H11NO2S/c1-17-13-5-3-2-4-11(13)12(8-15)14(16)10-6-7-18-9-10/h2-7,9,12H,1H3. The lowest BCUT2D eigenvalue weighted by Gasteiger charge is -2.11. The van der Waals surface area contributed by atoms with E-state index in [2.05, 4.69) is 6.07 Å². The molecule has 1 unspecified atom stereocenters. The normalized spacial score (nSPS) is 11.6. The number of ether oxygens (including phenoxy) is 1. The summed E-state index contributed by atoms with van der Waals surface area (Å²) >= 11 is 1.44. The molecule has 0 radical (unpaired) electrons. The van der Waals surface area contributed by atoms with Crippen LogP contribution in [0.3, 0.4) is 0 Å². The summed E-state index contributed by atoms with van der Waals surface area (Å²) in [7, 11) is 1.53. The van der Waals surface area contributed by atoms with Crippen molar-refractivity contribution >= 4 is 17.1 Å². The summed E-state index contributed by atoms with van der Waals surface area (Å²) in [6, 6.07) is 10.9. The maximum atomic E-state index is 12.2. The number of nitriles is 1. The van der Waals surface area contributed by atoms with Crippen molar-refractivity contribution in [3.8, 4) is 11.8 Å². The smallest absolute Gasteiger partial charge is 0.185 e. The highest BCUT2D eigenvalue weighted by molar-refractivity contribution is 7.08. The van der Waals surface area contributed by atoms with Crippen molar-refractivity contribution < 1.29 is 9.53 Å². The SMILES string of the molecule is COc1ccccc1C(C#N)C(=O)c1ccsc1. The molecule has 0 aliphatic carbocycles. The molecule has 2 rings (SSSR count). The highest BCUT2D eigenvalue weighted by Gasteiger charge is 2.24. The van der Waals surface area contributed by atoms with Gasteiger partial charge in [0.2, 0.25) is 0 Å². The lowest BCUT2D eigenvalue weighted by Crippen LogP contribution is -2.11. The fraction of sp³-hybridized carbons (Fsp3) is 0.143. The molecule has 0 aliphatic heterocycles. The van der Waals surface area contributed by atoms with Crippen LogP contribution < -0.4 is 4.74 Å². The van der Waals surface area contributed by atoms with E-state index in [1.54, 1.807) is 29.6 Å². The predicted molar refractivity (Wildman–Crippen MR) is 70.0 cm³/mol. The van der Waals surface area contributed by atoms with E-state index in [1.165, 1.54) is 18.4 Å². The van der Waals surface area contributed by atoms with Gasteiger partial charge in [0.25, 0.3) is 0 Å². The largest absolute Gasteiger partial charge is 0.496 e. The highest BCUT2D eigenvalue weighted by atomic mass is 32.1. The zero-order chi connectivity index (χ0) is 13.0. The minimum atomic E-state index is -0.823. The van der Waals surface area contributed by atoms with Crippen LogP contribution in [0, 0.1) is 11.3 Å². The summed E-state index contributed by atoms with van der Waals surface area (Å²) in [4.78, 5) is 12.2. The molecule has 1 aromatic heterocycles. The first-order chi connectivity index (χ1) is 8.77. The van der Waals surface area contributed by atoms with Gasteiger partial charge in [-0.2, -0.15) is 16.6 Å². The molecule has 1 aromatic carbocycles. The Bertz CT molecular complexity index is 584. The van der Waals surface area contributed by atoms with Gasteiger partial charge in [0.05, 0.1) is 13.2 Å². The van der Waals surface area contributed by atoms with Crippen molar-refractivity contribution in [1.29, 1.82) is 5.26 Å². The second kappa shape index (κ2) is 5.48. The van der Waals surface area contributed by atoms with Crippen molar-refractivity contribution in [3.63, 3.8) is 0 Å². The molecule has 0 saturated carbocycles. The summed E-state index contributed by atoms with van der Waals surface area (Å²) in [5.74, 6) is -0.452. The first-order valence-corrected chi connectivity index (χ1v) is 6.31. The number of rotatable bonds is 4. The number of benzene rings is 1. The third-order valence-electron chi connectivity index (χ3n) is 2.65. The van der Waals surface area contributed by atoms with E-state index in [0.29, 0.717) is 16.9 Å². The number of ketones is 1. The number of para-hydroxylation sites is 1. The average molecular weight is 257 g/mol. The molecule has 18 heavy (non-hydrogen) atoms. The number of thiophene rings is 1. The number of Topliss-reactive ketones (excluding diaryl/α,β-unsaturated/α-hetero) is 1. The molecule has 0 aliphatic rings. The topological polar surface area (TPSA) is 50.1 Å². The minimum absolute atomic E-state index is 0.191. The van der Waals surface area contributed by atoms with Crippen molar-refractivity contribution in [1.82, 2.24) is 0 Å². The second-order valence-electron chi connectivity index (χ2n) is 3.68. The van der Waals surface area contributed by atoms with Gasteiger partial charge in [0.15, 0.2) is 5.78 Å². The Morgan fingerprint density at radius 3 is 2.78 bits per heavy atom. The molecule has 3 nitrogen and oxygen atoms in total. The molecule has 1 heterocycles. The molecule has 0 amide bonds. The van der Waals surface area contributed by atoms with Gasteiger partial charge in [0, 0.05) is 16.5 Å². The van der Waals surface area contributed by atoms with Gasteiger partial charge >= 0.3 is 0 Å². The third kappa shape index (κ3) is 2.27. The number of carbonyl (C=O) groups excluding carboxylic acids is 1. The zero-order valence-corrected chi connectivity index (χ0v) is 10.6. The Kier molecular flexibility index (Phi) is 3.75. The maximum absolute atomic E-state index is 12.2. The Labute approximate surface area is 109 Å². The summed E-state index contributed by atoms with van der Waals surface area (Å²) < 4.78 is 5.19. The number of nitrogens with zero attached hydrogens (tertiary/aromatic N) is 1. The summed E-state index contributed by atoms with van der Waals surface area (Å²) in [5.41, 5.74) is 1.18. The number of carbonyl (C=O) groups is 1. The van der Waals surface area contributed by atoms with Crippen molar-refractivity contribution in [3.05, 3.63) is 52.2 Å². The molecular weight excluding hydrogens is 246 g/mol. The van der Waals surface area contributed by atoms with E-state index in [4.69, 9.17) is 4.74 Å². The van der Waals surface area contributed by atoms with Crippen molar-refractivity contribution in [2.24, 2.45) is 0 Å². The molecule has 90 valence electrons. The van der Waals surface area contributed by atoms with Crippen LogP contribution in [-0.2, 0) is 0 Å². The zero-order valence-electron chi connectivity index (χ0n) is 9.79. The molecule has 2 aromatic rings. The van der Waals surface area contributed by atoms with E-state index >= 15 is 0 Å². The molecule has 0 fully saturated rings. The Morgan fingerprint density at radius 1 is 1.39 bits per heavy atom. The van der Waals surface area contributed by atoms with Crippen LogP contribution in [0.2, 0.25) is 0 Å². The lowest BCUT2D eigenvalue weighted by molar-refractivity contribution is 0.0978. The Hall–Kier alpha value is -2.12. The van der Waals surface area contributed by atoms with E-state index < -0.39 is 5.92 Å². The third-order valence-corrected chi connectivity index (χ3v) is 3.33. The monoisotopic (exact) mass is 257 g/mol. The molecule has 0 spiro atoms. The van der Waals surface area contributed by atoms with Gasteiger partial charge in [-0.05, 0) is 17.5 Å². The Balaban J connectivity index is 2.41. The molecule has 0 bridgehead atoms. The fourth-order valence-corrected chi connectivity index (χ4v) is 2.39. The van der Waals surface area contributed by atoms with Crippen LogP contribution in [0.15, 0.2) is 41.1 Å². The minimum Gasteiger partial charge on any atom is -0.496 e. The molecule has 0 saturated heterocycles. The van der Waals surface area contributed by atoms with E-state index in [0.717, 1.165) is 0 Å². The number of methoxy groups -OCH3 is 1. The molecule has 4 heteroatoms. The lowest BCUT2D eigenvalue weighted by atomic mass is 9.92. The van der Waals surface area contributed by atoms with Crippen LogP contribution in [0.5, 0.6) is 5.75 Å². The van der Waals surface area contributed by atoms with E-state index in [1.807, 2.05) is 11.4 Å². The van der Waals surface area contributed by atoms with Crippen LogP contribution in [0.4, 0.5) is 0 Å². The first kappa shape index (κ1) is 12.3. The number of hydrogen-bond acceptors (Lipinski definition) is 4. The van der Waals surface area contributed by atoms with Crippen molar-refractivity contribution in [2.75, 3.05) is 7.11 Å². The van der Waals surface area contributed by atoms with Gasteiger partial charge < -0.3 is 4.74 Å². The van der Waals surface area contributed by atoms with E-state index in [9.17, 15) is 10.1 Å². The van der Waals surface area contributed by atoms with Gasteiger partial charge in [0.1, 0.15) is 11.7 Å². The van der Waals surface area contributed by atoms with Crippen LogP contribution in [0.1, 0.15) is 21.8 Å².